The average molecular weight is 194 g/mol. The van der Waals surface area contributed by atoms with Crippen LogP contribution in [0.2, 0.25) is 0 Å². The molecule has 0 amide bonds. The summed E-state index contributed by atoms with van der Waals surface area (Å²) in [7, 11) is 0. The van der Waals surface area contributed by atoms with Crippen LogP contribution in [0.15, 0.2) is 6.20 Å². The van der Waals surface area contributed by atoms with Gasteiger partial charge in [-0.15, -0.1) is 0 Å². The minimum absolute atomic E-state index is 0.234. The van der Waals surface area contributed by atoms with Crippen molar-refractivity contribution in [3.8, 4) is 0 Å². The molecule has 1 aliphatic rings. The van der Waals surface area contributed by atoms with Crippen molar-refractivity contribution in [1.29, 1.82) is 0 Å². The van der Waals surface area contributed by atoms with E-state index in [-0.39, 0.29) is 5.92 Å². The first kappa shape index (κ1) is 9.24. The second kappa shape index (κ2) is 3.44. The quantitative estimate of drug-likeness (QED) is 0.766. The number of hydrogen-bond donors (Lipinski definition) is 1. The van der Waals surface area contributed by atoms with Gasteiger partial charge in [-0.25, -0.2) is 4.98 Å². The topological polar surface area (TPSA) is 55.1 Å². The molecule has 76 valence electrons. The van der Waals surface area contributed by atoms with Gasteiger partial charge in [0.25, 0.3) is 0 Å². The molecular formula is C10H14N2O2. The summed E-state index contributed by atoms with van der Waals surface area (Å²) in [6.07, 6.45) is 4.32. The van der Waals surface area contributed by atoms with Crippen LogP contribution in [0.25, 0.3) is 0 Å². The van der Waals surface area contributed by atoms with Crippen LogP contribution in [0.1, 0.15) is 24.9 Å². The fourth-order valence-corrected chi connectivity index (χ4v) is 1.99. The molecule has 0 fully saturated rings. The smallest absolute Gasteiger partial charge is 0.308 e. The summed E-state index contributed by atoms with van der Waals surface area (Å²) in [5.74, 6) is 0.0827. The number of aliphatic carboxylic acids is 1. The van der Waals surface area contributed by atoms with Crippen LogP contribution in [-0.4, -0.2) is 20.6 Å². The highest BCUT2D eigenvalue weighted by molar-refractivity contribution is 5.70. The predicted octanol–water partition coefficient (Wildman–Crippen LogP) is 1.09. The molecule has 0 saturated heterocycles. The lowest BCUT2D eigenvalue weighted by Crippen LogP contribution is -2.27. The number of hydrogen-bond acceptors (Lipinski definition) is 2. The zero-order chi connectivity index (χ0) is 10.1. The second-order valence-corrected chi connectivity index (χ2v) is 3.70. The van der Waals surface area contributed by atoms with Gasteiger partial charge in [-0.1, -0.05) is 6.92 Å². The number of imidazole rings is 1. The molecule has 1 N–H and O–H groups in total. The van der Waals surface area contributed by atoms with Gasteiger partial charge in [-0.3, -0.25) is 4.79 Å². The maximum atomic E-state index is 10.9. The van der Waals surface area contributed by atoms with Crippen molar-refractivity contribution in [2.24, 2.45) is 5.92 Å². The van der Waals surface area contributed by atoms with Crippen molar-refractivity contribution >= 4 is 5.97 Å². The lowest BCUT2D eigenvalue weighted by atomic mass is 9.98. The van der Waals surface area contributed by atoms with Crippen LogP contribution < -0.4 is 0 Å². The van der Waals surface area contributed by atoms with Crippen LogP contribution in [-0.2, 0) is 24.2 Å². The van der Waals surface area contributed by atoms with E-state index in [0.717, 1.165) is 25.1 Å². The first-order chi connectivity index (χ1) is 6.72. The maximum absolute atomic E-state index is 10.9. The molecule has 2 heterocycles. The summed E-state index contributed by atoms with van der Waals surface area (Å²) in [5, 5.41) is 8.93. The highest BCUT2D eigenvalue weighted by Crippen LogP contribution is 2.21. The van der Waals surface area contributed by atoms with Crippen molar-refractivity contribution in [1.82, 2.24) is 9.55 Å². The molecule has 2 rings (SSSR count). The molecule has 0 aliphatic carbocycles. The van der Waals surface area contributed by atoms with Gasteiger partial charge in [0, 0.05) is 24.9 Å². The normalized spacial score (nSPS) is 20.5. The van der Waals surface area contributed by atoms with Crippen molar-refractivity contribution in [2.75, 3.05) is 0 Å². The van der Waals surface area contributed by atoms with Gasteiger partial charge in [0.1, 0.15) is 5.82 Å². The molecule has 0 radical (unpaired) electrons. The number of aryl methyl sites for hydroxylation is 2. The number of fused-ring (bicyclic) bond motifs is 1. The zero-order valence-corrected chi connectivity index (χ0v) is 8.23. The Labute approximate surface area is 82.6 Å². The summed E-state index contributed by atoms with van der Waals surface area (Å²) >= 11 is 0. The third-order valence-electron chi connectivity index (χ3n) is 2.84. The Balaban J connectivity index is 2.27. The third kappa shape index (κ3) is 1.41. The van der Waals surface area contributed by atoms with E-state index in [1.165, 1.54) is 5.69 Å². The maximum Gasteiger partial charge on any atom is 0.308 e. The van der Waals surface area contributed by atoms with Gasteiger partial charge >= 0.3 is 5.97 Å². The molecule has 0 aromatic carbocycles. The highest BCUT2D eigenvalue weighted by Gasteiger charge is 2.25. The van der Waals surface area contributed by atoms with E-state index < -0.39 is 5.97 Å². The molecule has 1 aromatic rings. The Morgan fingerprint density at radius 2 is 2.57 bits per heavy atom. The molecule has 1 aliphatic heterocycles. The number of rotatable bonds is 2. The SMILES string of the molecule is CCc1ncc2n1CC(C(=O)O)CC2. The minimum Gasteiger partial charge on any atom is -0.481 e. The van der Waals surface area contributed by atoms with Crippen molar-refractivity contribution in [3.63, 3.8) is 0 Å². The Hall–Kier alpha value is -1.32. The van der Waals surface area contributed by atoms with Crippen molar-refractivity contribution < 1.29 is 9.90 Å². The van der Waals surface area contributed by atoms with Crippen LogP contribution >= 0.6 is 0 Å². The van der Waals surface area contributed by atoms with E-state index in [2.05, 4.69) is 9.55 Å². The molecule has 1 unspecified atom stereocenters. The molecule has 0 bridgehead atoms. The van der Waals surface area contributed by atoms with E-state index in [1.54, 1.807) is 0 Å². The molecule has 14 heavy (non-hydrogen) atoms. The summed E-state index contributed by atoms with van der Waals surface area (Å²) in [6, 6.07) is 0. The van der Waals surface area contributed by atoms with E-state index >= 15 is 0 Å². The first-order valence-corrected chi connectivity index (χ1v) is 4.98. The zero-order valence-electron chi connectivity index (χ0n) is 8.23. The van der Waals surface area contributed by atoms with E-state index in [4.69, 9.17) is 5.11 Å². The van der Waals surface area contributed by atoms with Gasteiger partial charge in [0.05, 0.1) is 5.92 Å². The van der Waals surface area contributed by atoms with Crippen LogP contribution in [0.3, 0.4) is 0 Å². The standard InChI is InChI=1S/C10H14N2O2/c1-2-9-11-5-8-4-3-7(10(13)14)6-12(8)9/h5,7H,2-4,6H2,1H3,(H,13,14). The molecule has 1 atom stereocenters. The summed E-state index contributed by atoms with van der Waals surface area (Å²) < 4.78 is 2.06. The summed E-state index contributed by atoms with van der Waals surface area (Å²) in [6.45, 7) is 2.63. The number of nitrogens with zero attached hydrogens (tertiary/aromatic N) is 2. The highest BCUT2D eigenvalue weighted by atomic mass is 16.4. The van der Waals surface area contributed by atoms with Gasteiger partial charge in [0.15, 0.2) is 0 Å². The second-order valence-electron chi connectivity index (χ2n) is 3.70. The van der Waals surface area contributed by atoms with Crippen LogP contribution in [0, 0.1) is 5.92 Å². The molecule has 0 spiro atoms. The van der Waals surface area contributed by atoms with Gasteiger partial charge in [0.2, 0.25) is 0 Å². The van der Waals surface area contributed by atoms with E-state index in [0.29, 0.717) is 6.54 Å². The third-order valence-corrected chi connectivity index (χ3v) is 2.84. The van der Waals surface area contributed by atoms with Gasteiger partial charge < -0.3 is 9.67 Å². The van der Waals surface area contributed by atoms with E-state index in [1.807, 2.05) is 13.1 Å². The monoisotopic (exact) mass is 194 g/mol. The molecule has 4 heteroatoms. The van der Waals surface area contributed by atoms with Gasteiger partial charge in [-0.05, 0) is 12.8 Å². The fraction of sp³-hybridized carbons (Fsp3) is 0.600. The van der Waals surface area contributed by atoms with Crippen LogP contribution in [0.5, 0.6) is 0 Å². The Morgan fingerprint density at radius 1 is 1.79 bits per heavy atom. The summed E-state index contributed by atoms with van der Waals surface area (Å²) in [4.78, 5) is 15.1. The van der Waals surface area contributed by atoms with Gasteiger partial charge in [-0.2, -0.15) is 0 Å². The number of carboxylic acid groups (broad SMARTS) is 1. The minimum atomic E-state index is -0.689. The lowest BCUT2D eigenvalue weighted by Gasteiger charge is -2.22. The molecular weight excluding hydrogens is 180 g/mol. The van der Waals surface area contributed by atoms with Crippen LogP contribution in [0.4, 0.5) is 0 Å². The fourth-order valence-electron chi connectivity index (χ4n) is 1.99. The Bertz CT molecular complexity index is 344. The van der Waals surface area contributed by atoms with Crippen molar-refractivity contribution in [3.05, 3.63) is 17.7 Å². The Morgan fingerprint density at radius 3 is 3.21 bits per heavy atom. The largest absolute Gasteiger partial charge is 0.481 e. The first-order valence-electron chi connectivity index (χ1n) is 4.98. The summed E-state index contributed by atoms with van der Waals surface area (Å²) in [5.41, 5.74) is 1.18. The number of carbonyl (C=O) groups is 1. The van der Waals surface area contributed by atoms with Crippen molar-refractivity contribution in [2.45, 2.75) is 32.7 Å². The number of aromatic nitrogens is 2. The molecule has 4 nitrogen and oxygen atoms in total. The molecule has 1 aromatic heterocycles. The lowest BCUT2D eigenvalue weighted by molar-refractivity contribution is -0.142. The Kier molecular flexibility index (Phi) is 2.27. The molecule has 0 saturated carbocycles. The number of carboxylic acids is 1. The van der Waals surface area contributed by atoms with E-state index in [9.17, 15) is 4.79 Å². The predicted molar refractivity (Wildman–Crippen MR) is 51.1 cm³/mol. The average Bonchev–Trinajstić information content (AvgIpc) is 2.59.